The molecule has 4 heteroatoms. The predicted octanol–water partition coefficient (Wildman–Crippen LogP) is 2.38. The highest BCUT2D eigenvalue weighted by Gasteiger charge is 2.18. The normalized spacial score (nSPS) is 16.8. The van der Waals surface area contributed by atoms with Gasteiger partial charge in [0, 0.05) is 5.25 Å². The van der Waals surface area contributed by atoms with Crippen LogP contribution in [0.3, 0.4) is 0 Å². The fourth-order valence-corrected chi connectivity index (χ4v) is 2.87. The van der Waals surface area contributed by atoms with Crippen LogP contribution in [0.15, 0.2) is 17.3 Å². The molecule has 0 bridgehead atoms. The van der Waals surface area contributed by atoms with Crippen molar-refractivity contribution in [3.63, 3.8) is 0 Å². The minimum Gasteiger partial charge on any atom is -0.192 e. The summed E-state index contributed by atoms with van der Waals surface area (Å²) in [6.07, 6.45) is 6.66. The Balaban J connectivity index is 2.11. The number of thioether (sulfide) groups is 1. The van der Waals surface area contributed by atoms with E-state index in [9.17, 15) is 0 Å². The Bertz CT molecular complexity index is 353. The summed E-state index contributed by atoms with van der Waals surface area (Å²) in [4.78, 5) is 0. The second-order valence-corrected chi connectivity index (χ2v) is 4.68. The molecule has 1 aromatic rings. The first-order chi connectivity index (χ1) is 6.90. The molecule has 0 aromatic carbocycles. The fourth-order valence-electron chi connectivity index (χ4n) is 1.66. The first kappa shape index (κ1) is 9.47. The molecule has 0 spiro atoms. The van der Waals surface area contributed by atoms with E-state index in [1.165, 1.54) is 25.7 Å². The molecular weight excluding hydrogens is 194 g/mol. The third kappa shape index (κ3) is 2.05. The standard InChI is InChI=1S/C10H11N3S/c11-7-8-5-6-12-13-10(8)14-9-3-1-2-4-9/h5-6,9H,1-4H2. The van der Waals surface area contributed by atoms with Gasteiger partial charge in [-0.1, -0.05) is 24.6 Å². The summed E-state index contributed by atoms with van der Waals surface area (Å²) in [7, 11) is 0. The topological polar surface area (TPSA) is 49.6 Å². The van der Waals surface area contributed by atoms with Crippen LogP contribution in [0, 0.1) is 11.3 Å². The molecule has 1 saturated carbocycles. The maximum absolute atomic E-state index is 8.86. The summed E-state index contributed by atoms with van der Waals surface area (Å²) < 4.78 is 0. The number of rotatable bonds is 2. The SMILES string of the molecule is N#Cc1ccnnc1SC1CCCC1. The monoisotopic (exact) mass is 205 g/mol. The quantitative estimate of drug-likeness (QED) is 0.743. The van der Waals surface area contributed by atoms with Gasteiger partial charge in [0.1, 0.15) is 11.1 Å². The van der Waals surface area contributed by atoms with E-state index >= 15 is 0 Å². The van der Waals surface area contributed by atoms with Gasteiger partial charge >= 0.3 is 0 Å². The largest absolute Gasteiger partial charge is 0.192 e. The summed E-state index contributed by atoms with van der Waals surface area (Å²) in [5, 5.41) is 18.1. The lowest BCUT2D eigenvalue weighted by Gasteiger charge is -2.07. The van der Waals surface area contributed by atoms with E-state index < -0.39 is 0 Å². The first-order valence-corrected chi connectivity index (χ1v) is 5.66. The zero-order valence-electron chi connectivity index (χ0n) is 7.81. The first-order valence-electron chi connectivity index (χ1n) is 4.78. The maximum Gasteiger partial charge on any atom is 0.137 e. The van der Waals surface area contributed by atoms with Crippen LogP contribution >= 0.6 is 11.8 Å². The second kappa shape index (κ2) is 4.43. The zero-order chi connectivity index (χ0) is 9.80. The summed E-state index contributed by atoms with van der Waals surface area (Å²) in [5.74, 6) is 0. The van der Waals surface area contributed by atoms with E-state index in [2.05, 4.69) is 16.3 Å². The third-order valence-corrected chi connectivity index (χ3v) is 3.72. The molecule has 0 aliphatic heterocycles. The molecule has 0 radical (unpaired) electrons. The fraction of sp³-hybridized carbons (Fsp3) is 0.500. The molecule has 0 atom stereocenters. The molecule has 1 heterocycles. The van der Waals surface area contributed by atoms with Gasteiger partial charge in [-0.05, 0) is 18.9 Å². The zero-order valence-corrected chi connectivity index (χ0v) is 8.63. The average molecular weight is 205 g/mol. The van der Waals surface area contributed by atoms with Gasteiger partial charge < -0.3 is 0 Å². The van der Waals surface area contributed by atoms with Crippen LogP contribution in [0.5, 0.6) is 0 Å². The molecule has 1 aromatic heterocycles. The van der Waals surface area contributed by atoms with Crippen molar-refractivity contribution in [2.24, 2.45) is 0 Å². The number of hydrogen-bond donors (Lipinski definition) is 0. The molecule has 1 fully saturated rings. The summed E-state index contributed by atoms with van der Waals surface area (Å²) in [5.41, 5.74) is 0.650. The lowest BCUT2D eigenvalue weighted by molar-refractivity contribution is 0.878. The summed E-state index contributed by atoms with van der Waals surface area (Å²) in [6, 6.07) is 3.87. The van der Waals surface area contributed by atoms with Gasteiger partial charge in [-0.3, -0.25) is 0 Å². The van der Waals surface area contributed by atoms with E-state index in [0.717, 1.165) is 5.03 Å². The van der Waals surface area contributed by atoms with Gasteiger partial charge in [-0.2, -0.15) is 10.4 Å². The Morgan fingerprint density at radius 1 is 1.43 bits per heavy atom. The van der Waals surface area contributed by atoms with Crippen molar-refractivity contribution < 1.29 is 0 Å². The van der Waals surface area contributed by atoms with Gasteiger partial charge in [-0.15, -0.1) is 5.10 Å². The Kier molecular flexibility index (Phi) is 3.00. The molecule has 14 heavy (non-hydrogen) atoms. The van der Waals surface area contributed by atoms with E-state index in [4.69, 9.17) is 5.26 Å². The molecule has 0 saturated heterocycles. The van der Waals surface area contributed by atoms with E-state index in [-0.39, 0.29) is 0 Å². The maximum atomic E-state index is 8.86. The predicted molar refractivity (Wildman–Crippen MR) is 54.9 cm³/mol. The number of nitriles is 1. The van der Waals surface area contributed by atoms with Crippen molar-refractivity contribution in [1.82, 2.24) is 10.2 Å². The van der Waals surface area contributed by atoms with Crippen molar-refractivity contribution in [2.75, 3.05) is 0 Å². The van der Waals surface area contributed by atoms with Gasteiger partial charge in [0.15, 0.2) is 0 Å². The van der Waals surface area contributed by atoms with Crippen molar-refractivity contribution in [3.05, 3.63) is 17.8 Å². The van der Waals surface area contributed by atoms with Crippen LogP contribution in [0.4, 0.5) is 0 Å². The van der Waals surface area contributed by atoms with Crippen molar-refractivity contribution >= 4 is 11.8 Å². The Labute approximate surface area is 87.5 Å². The average Bonchev–Trinajstić information content (AvgIpc) is 2.71. The van der Waals surface area contributed by atoms with Gasteiger partial charge in [-0.25, -0.2) is 0 Å². The van der Waals surface area contributed by atoms with E-state index in [1.54, 1.807) is 24.0 Å². The molecule has 2 rings (SSSR count). The smallest absolute Gasteiger partial charge is 0.137 e. The van der Waals surface area contributed by atoms with Gasteiger partial charge in [0.25, 0.3) is 0 Å². The Morgan fingerprint density at radius 3 is 2.93 bits per heavy atom. The molecule has 72 valence electrons. The molecule has 0 N–H and O–H groups in total. The molecule has 3 nitrogen and oxygen atoms in total. The minimum absolute atomic E-state index is 0.638. The molecular formula is C10H11N3S. The van der Waals surface area contributed by atoms with E-state index in [0.29, 0.717) is 10.8 Å². The van der Waals surface area contributed by atoms with Crippen LogP contribution in [-0.2, 0) is 0 Å². The van der Waals surface area contributed by atoms with Crippen LogP contribution < -0.4 is 0 Å². The number of hydrogen-bond acceptors (Lipinski definition) is 4. The van der Waals surface area contributed by atoms with Crippen molar-refractivity contribution in [3.8, 4) is 6.07 Å². The van der Waals surface area contributed by atoms with Gasteiger partial charge in [0.05, 0.1) is 11.8 Å². The Morgan fingerprint density at radius 2 is 2.21 bits per heavy atom. The van der Waals surface area contributed by atoms with Crippen molar-refractivity contribution in [1.29, 1.82) is 5.26 Å². The second-order valence-electron chi connectivity index (χ2n) is 3.39. The minimum atomic E-state index is 0.638. The highest BCUT2D eigenvalue weighted by Crippen LogP contribution is 2.34. The number of nitrogens with zero attached hydrogens (tertiary/aromatic N) is 3. The summed E-state index contributed by atoms with van der Waals surface area (Å²) >= 11 is 1.71. The summed E-state index contributed by atoms with van der Waals surface area (Å²) in [6.45, 7) is 0. The highest BCUT2D eigenvalue weighted by molar-refractivity contribution is 7.99. The van der Waals surface area contributed by atoms with Crippen LogP contribution in [0.1, 0.15) is 31.2 Å². The molecule has 0 amide bonds. The van der Waals surface area contributed by atoms with E-state index in [1.807, 2.05) is 0 Å². The molecule has 1 aliphatic rings. The molecule has 0 unspecified atom stereocenters. The van der Waals surface area contributed by atoms with Gasteiger partial charge in [0.2, 0.25) is 0 Å². The lowest BCUT2D eigenvalue weighted by Crippen LogP contribution is -1.97. The lowest BCUT2D eigenvalue weighted by atomic mass is 10.3. The van der Waals surface area contributed by atoms with Crippen LogP contribution in [0.2, 0.25) is 0 Å². The van der Waals surface area contributed by atoms with Crippen LogP contribution in [-0.4, -0.2) is 15.4 Å². The Hall–Kier alpha value is -1.08. The number of aromatic nitrogens is 2. The van der Waals surface area contributed by atoms with Crippen molar-refractivity contribution in [2.45, 2.75) is 36.0 Å². The van der Waals surface area contributed by atoms with Crippen LogP contribution in [0.25, 0.3) is 0 Å². The highest BCUT2D eigenvalue weighted by atomic mass is 32.2. The molecule has 1 aliphatic carbocycles. The third-order valence-electron chi connectivity index (χ3n) is 2.39.